The van der Waals surface area contributed by atoms with E-state index in [0.717, 1.165) is 47.2 Å². The predicted molar refractivity (Wildman–Crippen MR) is 130 cm³/mol. The highest BCUT2D eigenvalue weighted by Crippen LogP contribution is 2.24. The molecule has 0 saturated carbocycles. The van der Waals surface area contributed by atoms with Crippen LogP contribution in [0.25, 0.3) is 0 Å². The van der Waals surface area contributed by atoms with E-state index < -0.39 is 0 Å². The number of benzene rings is 3. The van der Waals surface area contributed by atoms with Gasteiger partial charge in [-0.1, -0.05) is 19.8 Å². The smallest absolute Gasteiger partial charge is 0.0858 e. The molecule has 0 fully saturated rings. The van der Waals surface area contributed by atoms with Crippen molar-refractivity contribution in [2.45, 2.75) is 33.1 Å². The maximum absolute atomic E-state index is 4.31. The summed E-state index contributed by atoms with van der Waals surface area (Å²) in [6, 6.07) is 23.4. The van der Waals surface area contributed by atoms with Crippen molar-refractivity contribution in [3.8, 4) is 0 Å². The van der Waals surface area contributed by atoms with E-state index in [1.54, 1.807) is 0 Å². The van der Waals surface area contributed by atoms with E-state index in [4.69, 9.17) is 0 Å². The zero-order valence-electron chi connectivity index (χ0n) is 18.3. The van der Waals surface area contributed by atoms with E-state index in [9.17, 15) is 0 Å². The number of rotatable bonds is 11. The van der Waals surface area contributed by atoms with Crippen LogP contribution in [0.2, 0.25) is 0 Å². The highest BCUT2D eigenvalue weighted by Gasteiger charge is 1.96. The van der Waals surface area contributed by atoms with E-state index in [1.165, 1.54) is 19.3 Å². The van der Waals surface area contributed by atoms with E-state index >= 15 is 0 Å². The zero-order chi connectivity index (χ0) is 21.7. The van der Waals surface area contributed by atoms with Crippen molar-refractivity contribution in [3.63, 3.8) is 0 Å². The van der Waals surface area contributed by atoms with Crippen LogP contribution in [-0.2, 0) is 0 Å². The van der Waals surface area contributed by atoms with Crippen LogP contribution in [-0.4, -0.2) is 13.1 Å². The second kappa shape index (κ2) is 12.2. The van der Waals surface area contributed by atoms with Crippen LogP contribution in [0.5, 0.6) is 0 Å². The van der Waals surface area contributed by atoms with Crippen LogP contribution in [0.1, 0.15) is 33.1 Å². The maximum Gasteiger partial charge on any atom is 0.0858 e. The average Bonchev–Trinajstić information content (AvgIpc) is 2.82. The normalized spacial score (nSPS) is 11.3. The van der Waals surface area contributed by atoms with E-state index in [-0.39, 0.29) is 0 Å². The molecule has 2 N–H and O–H groups in total. The van der Waals surface area contributed by atoms with Crippen LogP contribution >= 0.6 is 0 Å². The Morgan fingerprint density at radius 1 is 0.516 bits per heavy atom. The van der Waals surface area contributed by atoms with Crippen LogP contribution in [0.4, 0.5) is 34.1 Å². The Kier molecular flexibility index (Phi) is 8.73. The second-order valence-corrected chi connectivity index (χ2v) is 7.17. The second-order valence-electron chi connectivity index (χ2n) is 7.17. The van der Waals surface area contributed by atoms with Gasteiger partial charge in [0.05, 0.1) is 22.7 Å². The van der Waals surface area contributed by atoms with Crippen LogP contribution in [0.3, 0.4) is 0 Å². The summed E-state index contributed by atoms with van der Waals surface area (Å²) in [4.78, 5) is 0. The summed E-state index contributed by atoms with van der Waals surface area (Å²) in [7, 11) is 0. The van der Waals surface area contributed by atoms with Crippen molar-refractivity contribution in [2.24, 2.45) is 20.5 Å². The zero-order valence-corrected chi connectivity index (χ0v) is 18.3. The molecule has 0 spiro atoms. The van der Waals surface area contributed by atoms with Gasteiger partial charge in [-0.15, -0.1) is 0 Å². The fourth-order valence-corrected chi connectivity index (χ4v) is 2.92. The minimum Gasteiger partial charge on any atom is -0.385 e. The third kappa shape index (κ3) is 7.66. The first-order chi connectivity index (χ1) is 15.3. The lowest BCUT2D eigenvalue weighted by Gasteiger charge is -2.05. The lowest BCUT2D eigenvalue weighted by molar-refractivity contribution is 0.744. The molecule has 160 valence electrons. The van der Waals surface area contributed by atoms with Crippen molar-refractivity contribution in [3.05, 3.63) is 72.8 Å². The quantitative estimate of drug-likeness (QED) is 0.244. The SMILES string of the molecule is CCCCCNc1ccc(N=Nc2ccc(N=Nc3ccc(NCC)cc3)cc2)cc1. The monoisotopic (exact) mass is 414 g/mol. The van der Waals surface area contributed by atoms with Gasteiger partial charge in [0.1, 0.15) is 0 Å². The van der Waals surface area contributed by atoms with Crippen molar-refractivity contribution < 1.29 is 0 Å². The molecule has 3 rings (SSSR count). The number of unbranched alkanes of at least 4 members (excludes halogenated alkanes) is 2. The Labute approximate surface area is 184 Å². The van der Waals surface area contributed by atoms with Gasteiger partial charge in [0.15, 0.2) is 0 Å². The third-order valence-corrected chi connectivity index (χ3v) is 4.64. The first kappa shape index (κ1) is 22.2. The minimum atomic E-state index is 0.771. The molecule has 0 saturated heterocycles. The van der Waals surface area contributed by atoms with E-state index in [2.05, 4.69) is 44.9 Å². The van der Waals surface area contributed by atoms with Crippen LogP contribution in [0.15, 0.2) is 93.3 Å². The van der Waals surface area contributed by atoms with Gasteiger partial charge in [0, 0.05) is 24.5 Å². The van der Waals surface area contributed by atoms with Crippen LogP contribution in [0, 0.1) is 0 Å². The maximum atomic E-state index is 4.31. The van der Waals surface area contributed by atoms with Crippen molar-refractivity contribution >= 4 is 34.1 Å². The van der Waals surface area contributed by atoms with Gasteiger partial charge in [-0.2, -0.15) is 20.5 Å². The van der Waals surface area contributed by atoms with Gasteiger partial charge in [-0.25, -0.2) is 0 Å². The Hall–Kier alpha value is -3.54. The minimum absolute atomic E-state index is 0.771. The highest BCUT2D eigenvalue weighted by atomic mass is 15.1. The summed E-state index contributed by atoms with van der Waals surface area (Å²) < 4.78 is 0. The van der Waals surface area contributed by atoms with Crippen LogP contribution < -0.4 is 10.6 Å². The molecular formula is C25H30N6. The lowest BCUT2D eigenvalue weighted by Crippen LogP contribution is -2.00. The Bertz CT molecular complexity index is 960. The summed E-state index contributed by atoms with van der Waals surface area (Å²) in [6.45, 7) is 6.18. The summed E-state index contributed by atoms with van der Waals surface area (Å²) in [5.74, 6) is 0. The van der Waals surface area contributed by atoms with Crippen molar-refractivity contribution in [1.82, 2.24) is 0 Å². The molecule has 0 heterocycles. The summed E-state index contributed by atoms with van der Waals surface area (Å²) in [5.41, 5.74) is 5.37. The van der Waals surface area contributed by atoms with E-state index in [0.29, 0.717) is 0 Å². The standard InChI is InChI=1S/C25H30N6/c1-3-5-6-19-27-21-9-13-23(14-10-21)29-31-25-17-15-24(16-18-25)30-28-22-11-7-20(8-12-22)26-4-2/h7-18,26-27H,3-6,19H2,1-2H3. The molecule has 31 heavy (non-hydrogen) atoms. The molecular weight excluding hydrogens is 384 g/mol. The molecule has 0 aliphatic rings. The molecule has 0 aliphatic carbocycles. The lowest BCUT2D eigenvalue weighted by atomic mass is 10.2. The number of azo groups is 2. The number of anilines is 2. The largest absolute Gasteiger partial charge is 0.385 e. The molecule has 0 aliphatic heterocycles. The number of hydrogen-bond donors (Lipinski definition) is 2. The molecule has 3 aromatic carbocycles. The van der Waals surface area contributed by atoms with Crippen molar-refractivity contribution in [1.29, 1.82) is 0 Å². The average molecular weight is 415 g/mol. The topological polar surface area (TPSA) is 73.5 Å². The summed E-state index contributed by atoms with van der Waals surface area (Å²) >= 11 is 0. The molecule has 0 atom stereocenters. The molecule has 0 radical (unpaired) electrons. The first-order valence-corrected chi connectivity index (χ1v) is 10.9. The van der Waals surface area contributed by atoms with Crippen molar-refractivity contribution in [2.75, 3.05) is 23.7 Å². The fourth-order valence-electron chi connectivity index (χ4n) is 2.92. The Morgan fingerprint density at radius 2 is 0.903 bits per heavy atom. The molecule has 0 amide bonds. The number of nitrogens with one attached hydrogen (secondary N) is 2. The summed E-state index contributed by atoms with van der Waals surface area (Å²) in [6.07, 6.45) is 3.68. The van der Waals surface area contributed by atoms with Gasteiger partial charge in [-0.3, -0.25) is 0 Å². The first-order valence-electron chi connectivity index (χ1n) is 10.9. The highest BCUT2D eigenvalue weighted by molar-refractivity contribution is 5.53. The fraction of sp³-hybridized carbons (Fsp3) is 0.280. The van der Waals surface area contributed by atoms with Gasteiger partial charge >= 0.3 is 0 Å². The van der Waals surface area contributed by atoms with Gasteiger partial charge in [-0.05, 0) is 86.1 Å². The molecule has 3 aromatic rings. The Balaban J connectivity index is 1.52. The summed E-state index contributed by atoms with van der Waals surface area (Å²) in [5, 5.41) is 23.9. The molecule has 6 nitrogen and oxygen atoms in total. The number of nitrogens with zero attached hydrogens (tertiary/aromatic N) is 4. The molecule has 0 bridgehead atoms. The molecule has 0 aromatic heterocycles. The predicted octanol–water partition coefficient (Wildman–Crippen LogP) is 8.55. The van der Waals surface area contributed by atoms with Gasteiger partial charge < -0.3 is 10.6 Å². The van der Waals surface area contributed by atoms with Gasteiger partial charge in [0.2, 0.25) is 0 Å². The van der Waals surface area contributed by atoms with Gasteiger partial charge in [0.25, 0.3) is 0 Å². The Morgan fingerprint density at radius 3 is 1.29 bits per heavy atom. The molecule has 6 heteroatoms. The van der Waals surface area contributed by atoms with E-state index in [1.807, 2.05) is 72.8 Å². The number of hydrogen-bond acceptors (Lipinski definition) is 6. The molecule has 0 unspecified atom stereocenters. The third-order valence-electron chi connectivity index (χ3n) is 4.64.